The quantitative estimate of drug-likeness (QED) is 0.575. The van der Waals surface area contributed by atoms with Crippen LogP contribution in [0.5, 0.6) is 0 Å². The van der Waals surface area contributed by atoms with Gasteiger partial charge < -0.3 is 5.32 Å². The second kappa shape index (κ2) is 8.45. The number of nitrogens with one attached hydrogen (secondary N) is 1. The van der Waals surface area contributed by atoms with Crippen LogP contribution in [0.25, 0.3) is 0 Å². The Labute approximate surface area is 188 Å². The maximum Gasteiger partial charge on any atom is 0.264 e. The summed E-state index contributed by atoms with van der Waals surface area (Å²) < 4.78 is 41.8. The van der Waals surface area contributed by atoms with Crippen LogP contribution in [-0.4, -0.2) is 25.9 Å². The second-order valence-electron chi connectivity index (χ2n) is 6.88. The molecule has 0 radical (unpaired) electrons. The molecule has 1 aliphatic heterocycles. The number of anilines is 2. The lowest BCUT2D eigenvalue weighted by molar-refractivity contribution is 0.102. The van der Waals surface area contributed by atoms with E-state index in [-0.39, 0.29) is 27.7 Å². The Morgan fingerprint density at radius 2 is 1.90 bits per heavy atom. The number of pyridine rings is 1. The lowest BCUT2D eigenvalue weighted by atomic mass is 10.1. The lowest BCUT2D eigenvalue weighted by Gasteiger charge is -2.30. The molecule has 1 aliphatic rings. The van der Waals surface area contributed by atoms with Crippen LogP contribution in [-0.2, 0) is 16.4 Å². The monoisotopic (exact) mass is 479 g/mol. The van der Waals surface area contributed by atoms with Gasteiger partial charge in [0.05, 0.1) is 38.7 Å². The number of aromatic nitrogens is 1. The van der Waals surface area contributed by atoms with Crippen LogP contribution in [0, 0.1) is 5.82 Å². The lowest BCUT2D eigenvalue weighted by Crippen LogP contribution is -2.36. The first-order valence-corrected chi connectivity index (χ1v) is 11.5. The van der Waals surface area contributed by atoms with E-state index in [4.69, 9.17) is 23.2 Å². The fraction of sp³-hybridized carbons (Fsp3) is 0.143. The van der Waals surface area contributed by atoms with Crippen molar-refractivity contribution in [3.05, 3.63) is 81.8 Å². The first-order valence-electron chi connectivity index (χ1n) is 9.30. The number of fused-ring (bicyclic) bond motifs is 1. The summed E-state index contributed by atoms with van der Waals surface area (Å²) >= 11 is 11.9. The Bertz CT molecular complexity index is 1260. The maximum absolute atomic E-state index is 14.1. The maximum atomic E-state index is 14.1. The minimum Gasteiger partial charge on any atom is -0.320 e. The molecule has 0 saturated heterocycles. The molecule has 2 aromatic carbocycles. The number of hydrogen-bond acceptors (Lipinski definition) is 4. The number of hydrogen-bond donors (Lipinski definition) is 1. The van der Waals surface area contributed by atoms with E-state index in [1.807, 2.05) is 0 Å². The predicted octanol–water partition coefficient (Wildman–Crippen LogP) is 4.92. The highest BCUT2D eigenvalue weighted by Crippen LogP contribution is 2.33. The van der Waals surface area contributed by atoms with Crippen molar-refractivity contribution in [1.29, 1.82) is 0 Å². The minimum absolute atomic E-state index is 0.0337. The average Bonchev–Trinajstić information content (AvgIpc) is 2.73. The number of aryl methyl sites for hydroxylation is 1. The van der Waals surface area contributed by atoms with Crippen molar-refractivity contribution in [3.63, 3.8) is 0 Å². The van der Waals surface area contributed by atoms with E-state index in [0.717, 1.165) is 6.07 Å². The standard InChI is InChI=1S/C21H16Cl2FN3O3S/c22-13-4-1-5-15(10-13)31(29,30)27-9-3-8-18-19(27)11-14(12-25-18)26-21(28)20-16(23)6-2-7-17(20)24/h1-2,4-7,10-12H,3,8-9H2,(H,26,28). The van der Waals surface area contributed by atoms with Crippen molar-refractivity contribution >= 4 is 50.5 Å². The molecule has 3 aromatic rings. The Kier molecular flexibility index (Phi) is 5.88. The molecule has 4 rings (SSSR count). The molecule has 2 heterocycles. The fourth-order valence-electron chi connectivity index (χ4n) is 3.38. The molecule has 0 fully saturated rings. The number of halogens is 3. The van der Waals surface area contributed by atoms with Crippen LogP contribution in [0.4, 0.5) is 15.8 Å². The Balaban J connectivity index is 1.69. The molecule has 0 saturated carbocycles. The smallest absolute Gasteiger partial charge is 0.264 e. The van der Waals surface area contributed by atoms with Gasteiger partial charge in [-0.2, -0.15) is 0 Å². The molecular formula is C21H16Cl2FN3O3S. The zero-order valence-corrected chi connectivity index (χ0v) is 18.3. The number of benzene rings is 2. The molecule has 31 heavy (non-hydrogen) atoms. The predicted molar refractivity (Wildman–Crippen MR) is 118 cm³/mol. The number of nitrogens with zero attached hydrogens (tertiary/aromatic N) is 2. The third-order valence-corrected chi connectivity index (χ3v) is 7.18. The van der Waals surface area contributed by atoms with Gasteiger partial charge in [-0.1, -0.05) is 35.3 Å². The highest BCUT2D eigenvalue weighted by molar-refractivity contribution is 7.92. The van der Waals surface area contributed by atoms with E-state index in [2.05, 4.69) is 10.3 Å². The highest BCUT2D eigenvalue weighted by Gasteiger charge is 2.30. The van der Waals surface area contributed by atoms with Gasteiger partial charge in [0.25, 0.3) is 15.9 Å². The van der Waals surface area contributed by atoms with Gasteiger partial charge in [-0.25, -0.2) is 12.8 Å². The zero-order valence-electron chi connectivity index (χ0n) is 16.0. The van der Waals surface area contributed by atoms with Crippen molar-refractivity contribution in [3.8, 4) is 0 Å². The van der Waals surface area contributed by atoms with Gasteiger partial charge in [-0.3, -0.25) is 14.1 Å². The summed E-state index contributed by atoms with van der Waals surface area (Å²) in [6.45, 7) is 0.250. The topological polar surface area (TPSA) is 79.4 Å². The van der Waals surface area contributed by atoms with E-state index in [1.54, 1.807) is 12.1 Å². The van der Waals surface area contributed by atoms with Gasteiger partial charge >= 0.3 is 0 Å². The summed E-state index contributed by atoms with van der Waals surface area (Å²) in [4.78, 5) is 16.9. The van der Waals surface area contributed by atoms with Crippen LogP contribution in [0.1, 0.15) is 22.5 Å². The average molecular weight is 480 g/mol. The largest absolute Gasteiger partial charge is 0.320 e. The van der Waals surface area contributed by atoms with Crippen molar-refractivity contribution in [1.82, 2.24) is 4.98 Å². The highest BCUT2D eigenvalue weighted by atomic mass is 35.5. The zero-order chi connectivity index (χ0) is 22.2. The first-order chi connectivity index (χ1) is 14.8. The number of carbonyl (C=O) groups is 1. The number of amides is 1. The fourth-order valence-corrected chi connectivity index (χ4v) is 5.45. The van der Waals surface area contributed by atoms with Crippen LogP contribution >= 0.6 is 23.2 Å². The van der Waals surface area contributed by atoms with E-state index >= 15 is 0 Å². The van der Waals surface area contributed by atoms with Crippen LogP contribution < -0.4 is 9.62 Å². The SMILES string of the molecule is O=C(Nc1cnc2c(c1)N(S(=O)(=O)c1cccc(Cl)c1)CCC2)c1c(F)cccc1Cl. The Hall–Kier alpha value is -2.68. The van der Waals surface area contributed by atoms with Crippen LogP contribution in [0.15, 0.2) is 59.6 Å². The Morgan fingerprint density at radius 3 is 2.65 bits per heavy atom. The molecule has 0 unspecified atom stereocenters. The van der Waals surface area contributed by atoms with Crippen molar-refractivity contribution < 1.29 is 17.6 Å². The number of carbonyl (C=O) groups excluding carboxylic acids is 1. The van der Waals surface area contributed by atoms with Crippen LogP contribution in [0.3, 0.4) is 0 Å². The molecular weight excluding hydrogens is 464 g/mol. The summed E-state index contributed by atoms with van der Waals surface area (Å²) in [6.07, 6.45) is 2.58. The molecule has 0 bridgehead atoms. The van der Waals surface area contributed by atoms with Gasteiger partial charge in [-0.15, -0.1) is 0 Å². The summed E-state index contributed by atoms with van der Waals surface area (Å²) in [5, 5.41) is 2.81. The number of rotatable bonds is 4. The molecule has 6 nitrogen and oxygen atoms in total. The number of sulfonamides is 1. The van der Waals surface area contributed by atoms with E-state index in [0.29, 0.717) is 29.2 Å². The molecule has 160 valence electrons. The summed E-state index contributed by atoms with van der Waals surface area (Å²) in [5.74, 6) is -1.52. The van der Waals surface area contributed by atoms with Crippen molar-refractivity contribution in [2.75, 3.05) is 16.2 Å². The molecule has 0 spiro atoms. The molecule has 1 aromatic heterocycles. The molecule has 10 heteroatoms. The van der Waals surface area contributed by atoms with Gasteiger partial charge in [-0.05, 0) is 49.2 Å². The van der Waals surface area contributed by atoms with E-state index in [9.17, 15) is 17.6 Å². The van der Waals surface area contributed by atoms with Gasteiger partial charge in [0, 0.05) is 11.6 Å². The molecule has 1 amide bonds. The summed E-state index contributed by atoms with van der Waals surface area (Å²) in [6, 6.07) is 11.4. The molecule has 1 N–H and O–H groups in total. The summed E-state index contributed by atoms with van der Waals surface area (Å²) in [5.41, 5.74) is 0.851. The van der Waals surface area contributed by atoms with Gasteiger partial charge in [0.15, 0.2) is 0 Å². The van der Waals surface area contributed by atoms with Crippen molar-refractivity contribution in [2.45, 2.75) is 17.7 Å². The first kappa shape index (κ1) is 21.5. The second-order valence-corrected chi connectivity index (χ2v) is 9.58. The summed E-state index contributed by atoms with van der Waals surface area (Å²) in [7, 11) is -3.89. The molecule has 0 aliphatic carbocycles. The Morgan fingerprint density at radius 1 is 1.13 bits per heavy atom. The third-order valence-electron chi connectivity index (χ3n) is 4.82. The molecule has 0 atom stereocenters. The van der Waals surface area contributed by atoms with Crippen LogP contribution in [0.2, 0.25) is 10.0 Å². The van der Waals surface area contributed by atoms with Gasteiger partial charge in [0.1, 0.15) is 5.82 Å². The van der Waals surface area contributed by atoms with E-state index < -0.39 is 21.7 Å². The van der Waals surface area contributed by atoms with E-state index in [1.165, 1.54) is 40.8 Å². The third kappa shape index (κ3) is 4.23. The van der Waals surface area contributed by atoms with Gasteiger partial charge in [0.2, 0.25) is 0 Å². The minimum atomic E-state index is -3.89. The normalized spacial score (nSPS) is 13.6. The van der Waals surface area contributed by atoms with Crippen molar-refractivity contribution in [2.24, 2.45) is 0 Å².